The van der Waals surface area contributed by atoms with E-state index in [-0.39, 0.29) is 11.4 Å². The topological polar surface area (TPSA) is 47.6 Å². The molecule has 0 unspecified atom stereocenters. The zero-order valence-corrected chi connectivity index (χ0v) is 12.7. The Balaban J connectivity index is 1.54. The highest BCUT2D eigenvalue weighted by Gasteiger charge is 2.46. The van der Waals surface area contributed by atoms with Crippen LogP contribution in [0.25, 0.3) is 0 Å². The van der Waals surface area contributed by atoms with Gasteiger partial charge in [0, 0.05) is 32.7 Å². The van der Waals surface area contributed by atoms with Crippen LogP contribution in [0.2, 0.25) is 0 Å². The van der Waals surface area contributed by atoms with E-state index in [2.05, 4.69) is 27.5 Å². The van der Waals surface area contributed by atoms with Crippen molar-refractivity contribution in [1.82, 2.24) is 20.4 Å². The van der Waals surface area contributed by atoms with Gasteiger partial charge in [0.2, 0.25) is 5.91 Å². The summed E-state index contributed by atoms with van der Waals surface area (Å²) >= 11 is 0. The summed E-state index contributed by atoms with van der Waals surface area (Å²) in [5, 5.41) is 6.56. The van der Waals surface area contributed by atoms with Crippen molar-refractivity contribution < 1.29 is 4.79 Å². The van der Waals surface area contributed by atoms with Crippen LogP contribution in [0.3, 0.4) is 0 Å². The van der Waals surface area contributed by atoms with Crippen LogP contribution in [0.1, 0.15) is 25.7 Å². The van der Waals surface area contributed by atoms with Gasteiger partial charge in [-0.1, -0.05) is 0 Å². The molecule has 5 heteroatoms. The van der Waals surface area contributed by atoms with Crippen LogP contribution in [0.15, 0.2) is 0 Å². The molecule has 0 aromatic rings. The second-order valence-electron chi connectivity index (χ2n) is 6.72. The number of amides is 1. The minimum absolute atomic E-state index is 0.223. The Morgan fingerprint density at radius 1 is 1.25 bits per heavy atom. The van der Waals surface area contributed by atoms with Crippen LogP contribution in [0.4, 0.5) is 0 Å². The van der Waals surface area contributed by atoms with Crippen LogP contribution < -0.4 is 10.6 Å². The minimum atomic E-state index is -0.223. The number of likely N-dealkylation sites (N-methyl/N-ethyl adjacent to an activating group) is 1. The molecule has 3 aliphatic rings. The first-order valence-electron chi connectivity index (χ1n) is 8.13. The third-order valence-electron chi connectivity index (χ3n) is 5.48. The maximum Gasteiger partial charge on any atom is 0.240 e. The zero-order valence-electron chi connectivity index (χ0n) is 12.7. The molecule has 114 valence electrons. The molecular formula is C15H28N4O. The van der Waals surface area contributed by atoms with E-state index in [1.807, 2.05) is 0 Å². The van der Waals surface area contributed by atoms with E-state index < -0.39 is 0 Å². The molecule has 1 atom stereocenters. The number of nitrogens with zero attached hydrogens (tertiary/aromatic N) is 2. The lowest BCUT2D eigenvalue weighted by molar-refractivity contribution is -0.140. The average molecular weight is 280 g/mol. The molecule has 1 amide bonds. The first-order chi connectivity index (χ1) is 9.71. The van der Waals surface area contributed by atoms with E-state index in [1.54, 1.807) is 0 Å². The molecule has 3 heterocycles. The molecule has 0 aromatic carbocycles. The van der Waals surface area contributed by atoms with E-state index >= 15 is 0 Å². The van der Waals surface area contributed by atoms with Crippen molar-refractivity contribution in [2.24, 2.45) is 5.92 Å². The van der Waals surface area contributed by atoms with Crippen molar-refractivity contribution in [3.63, 3.8) is 0 Å². The molecule has 3 aliphatic heterocycles. The van der Waals surface area contributed by atoms with Gasteiger partial charge in [0.1, 0.15) is 5.54 Å². The summed E-state index contributed by atoms with van der Waals surface area (Å²) in [5.41, 5.74) is -0.223. The van der Waals surface area contributed by atoms with Gasteiger partial charge in [-0.25, -0.2) is 0 Å². The van der Waals surface area contributed by atoms with Gasteiger partial charge in [0.15, 0.2) is 0 Å². The molecule has 3 rings (SSSR count). The summed E-state index contributed by atoms with van der Waals surface area (Å²) in [6.07, 6.45) is 4.63. The lowest BCUT2D eigenvalue weighted by Crippen LogP contribution is -2.67. The Labute approximate surface area is 122 Å². The summed E-state index contributed by atoms with van der Waals surface area (Å²) < 4.78 is 0. The Morgan fingerprint density at radius 2 is 2.05 bits per heavy atom. The van der Waals surface area contributed by atoms with Gasteiger partial charge < -0.3 is 15.5 Å². The standard InChI is InChI=1S/C15H28N4O/c1-18-10-7-17-14(20)15(18)4-8-19(9-5-15)12-13-3-2-6-16-11-13/h13,16H,2-12H2,1H3,(H,17,20)/t13-/m1/s1. The number of hydrogen-bond donors (Lipinski definition) is 2. The number of carbonyl (C=O) groups excluding carboxylic acids is 1. The number of hydrogen-bond acceptors (Lipinski definition) is 4. The fourth-order valence-electron chi connectivity index (χ4n) is 4.05. The summed E-state index contributed by atoms with van der Waals surface area (Å²) in [5.74, 6) is 1.06. The van der Waals surface area contributed by atoms with Gasteiger partial charge in [0.05, 0.1) is 0 Å². The Hall–Kier alpha value is -0.650. The highest BCUT2D eigenvalue weighted by molar-refractivity contribution is 5.87. The maximum atomic E-state index is 12.3. The first-order valence-corrected chi connectivity index (χ1v) is 8.13. The van der Waals surface area contributed by atoms with Crippen molar-refractivity contribution >= 4 is 5.91 Å². The van der Waals surface area contributed by atoms with Crippen LogP contribution >= 0.6 is 0 Å². The second kappa shape index (κ2) is 6.00. The molecule has 0 aliphatic carbocycles. The summed E-state index contributed by atoms with van der Waals surface area (Å²) in [7, 11) is 2.11. The lowest BCUT2D eigenvalue weighted by atomic mass is 9.83. The van der Waals surface area contributed by atoms with Crippen molar-refractivity contribution in [1.29, 1.82) is 0 Å². The monoisotopic (exact) mass is 280 g/mol. The highest BCUT2D eigenvalue weighted by atomic mass is 16.2. The van der Waals surface area contributed by atoms with Crippen molar-refractivity contribution in [2.75, 3.05) is 52.9 Å². The van der Waals surface area contributed by atoms with Gasteiger partial charge in [-0.2, -0.15) is 0 Å². The molecule has 3 fully saturated rings. The van der Waals surface area contributed by atoms with E-state index in [1.165, 1.54) is 32.5 Å². The van der Waals surface area contributed by atoms with E-state index in [0.29, 0.717) is 0 Å². The molecule has 5 nitrogen and oxygen atoms in total. The van der Waals surface area contributed by atoms with Crippen molar-refractivity contribution in [2.45, 2.75) is 31.2 Å². The largest absolute Gasteiger partial charge is 0.353 e. The smallest absolute Gasteiger partial charge is 0.240 e. The van der Waals surface area contributed by atoms with Crippen LogP contribution in [0.5, 0.6) is 0 Å². The molecule has 2 N–H and O–H groups in total. The molecule has 20 heavy (non-hydrogen) atoms. The summed E-state index contributed by atoms with van der Waals surface area (Å²) in [6, 6.07) is 0. The van der Waals surface area contributed by atoms with Gasteiger partial charge in [0.25, 0.3) is 0 Å². The van der Waals surface area contributed by atoms with Crippen LogP contribution in [-0.4, -0.2) is 74.1 Å². The predicted octanol–water partition coefficient (Wildman–Crippen LogP) is -0.118. The normalized spacial score (nSPS) is 32.2. The molecule has 3 saturated heterocycles. The number of rotatable bonds is 2. The van der Waals surface area contributed by atoms with Crippen molar-refractivity contribution in [3.8, 4) is 0 Å². The van der Waals surface area contributed by atoms with E-state index in [9.17, 15) is 4.79 Å². The fraction of sp³-hybridized carbons (Fsp3) is 0.933. The summed E-state index contributed by atoms with van der Waals surface area (Å²) in [6.45, 7) is 7.47. The van der Waals surface area contributed by atoms with Gasteiger partial charge >= 0.3 is 0 Å². The third-order valence-corrected chi connectivity index (χ3v) is 5.48. The third kappa shape index (κ3) is 2.71. The highest BCUT2D eigenvalue weighted by Crippen LogP contribution is 2.30. The lowest BCUT2D eigenvalue weighted by Gasteiger charge is -2.49. The Kier molecular flexibility index (Phi) is 4.29. The number of piperazine rings is 1. The van der Waals surface area contributed by atoms with E-state index in [0.717, 1.165) is 44.9 Å². The quantitative estimate of drug-likeness (QED) is 0.740. The number of nitrogens with one attached hydrogen (secondary N) is 2. The fourth-order valence-corrected chi connectivity index (χ4v) is 4.05. The molecule has 0 radical (unpaired) electrons. The van der Waals surface area contributed by atoms with E-state index in [4.69, 9.17) is 0 Å². The van der Waals surface area contributed by atoms with Crippen molar-refractivity contribution in [3.05, 3.63) is 0 Å². The predicted molar refractivity (Wildman–Crippen MR) is 79.6 cm³/mol. The second-order valence-corrected chi connectivity index (χ2v) is 6.72. The van der Waals surface area contributed by atoms with Gasteiger partial charge in [-0.15, -0.1) is 0 Å². The average Bonchev–Trinajstić information content (AvgIpc) is 2.48. The minimum Gasteiger partial charge on any atom is -0.353 e. The Bertz CT molecular complexity index is 346. The molecule has 0 saturated carbocycles. The molecular weight excluding hydrogens is 252 g/mol. The van der Waals surface area contributed by atoms with Crippen LogP contribution in [-0.2, 0) is 4.79 Å². The Morgan fingerprint density at radius 3 is 2.70 bits per heavy atom. The summed E-state index contributed by atoms with van der Waals surface area (Å²) in [4.78, 5) is 17.1. The van der Waals surface area contributed by atoms with Crippen LogP contribution in [0, 0.1) is 5.92 Å². The number of likely N-dealkylation sites (tertiary alicyclic amines) is 1. The first kappa shape index (κ1) is 14.3. The number of piperidine rings is 2. The molecule has 0 aromatic heterocycles. The molecule has 1 spiro atoms. The zero-order chi connectivity index (χ0) is 14.0. The van der Waals surface area contributed by atoms with Gasteiger partial charge in [-0.05, 0) is 51.7 Å². The van der Waals surface area contributed by atoms with Gasteiger partial charge in [-0.3, -0.25) is 9.69 Å². The maximum absolute atomic E-state index is 12.3. The molecule has 0 bridgehead atoms. The number of carbonyl (C=O) groups is 1. The SMILES string of the molecule is CN1CCNC(=O)C12CCN(C[C@@H]1CCCNC1)CC2.